The van der Waals surface area contributed by atoms with Gasteiger partial charge < -0.3 is 20.1 Å². The van der Waals surface area contributed by atoms with Gasteiger partial charge in [-0.1, -0.05) is 5.11 Å². The predicted molar refractivity (Wildman–Crippen MR) is 36.9 cm³/mol. The van der Waals surface area contributed by atoms with Crippen LogP contribution < -0.4 is 0 Å². The highest BCUT2D eigenvalue weighted by molar-refractivity contribution is 4.86. The van der Waals surface area contributed by atoms with E-state index in [0.29, 0.717) is 0 Å². The lowest BCUT2D eigenvalue weighted by Gasteiger charge is -2.16. The summed E-state index contributed by atoms with van der Waals surface area (Å²) in [5.74, 6) is 0. The highest BCUT2D eigenvalue weighted by atomic mass is 16.5. The number of rotatable bonds is 2. The molecule has 0 aromatic carbocycles. The molecule has 0 amide bonds. The van der Waals surface area contributed by atoms with Gasteiger partial charge in [-0.05, 0) is 5.53 Å². The van der Waals surface area contributed by atoms with Gasteiger partial charge in [0, 0.05) is 4.91 Å². The van der Waals surface area contributed by atoms with Gasteiger partial charge in [0.25, 0.3) is 0 Å². The van der Waals surface area contributed by atoms with E-state index in [0.717, 1.165) is 0 Å². The third-order valence-corrected chi connectivity index (χ3v) is 1.65. The highest BCUT2D eigenvalue weighted by Gasteiger charge is 2.38. The van der Waals surface area contributed by atoms with Crippen molar-refractivity contribution in [1.82, 2.24) is 0 Å². The molecular weight excluding hydrogens is 166 g/mol. The summed E-state index contributed by atoms with van der Waals surface area (Å²) in [5, 5.41) is 30.1. The van der Waals surface area contributed by atoms with E-state index in [1.165, 1.54) is 0 Å². The van der Waals surface area contributed by atoms with Crippen LogP contribution in [-0.2, 0) is 4.74 Å². The zero-order chi connectivity index (χ0) is 9.14. The van der Waals surface area contributed by atoms with Gasteiger partial charge in [0.05, 0.1) is 6.61 Å². The molecule has 1 heterocycles. The lowest BCUT2D eigenvalue weighted by Crippen LogP contribution is -2.37. The number of ether oxygens (including phenoxy) is 1. The first-order chi connectivity index (χ1) is 5.66. The van der Waals surface area contributed by atoms with Crippen LogP contribution in [0.2, 0.25) is 0 Å². The van der Waals surface area contributed by atoms with E-state index in [2.05, 4.69) is 10.0 Å². The highest BCUT2D eigenvalue weighted by Crippen LogP contribution is 2.17. The molecule has 1 unspecified atom stereocenters. The molecule has 1 fully saturated rings. The quantitative estimate of drug-likeness (QED) is 0.275. The maximum absolute atomic E-state index is 9.14. The second-order valence-electron chi connectivity index (χ2n) is 2.47. The molecule has 0 radical (unpaired) electrons. The van der Waals surface area contributed by atoms with Gasteiger partial charge in [-0.15, -0.1) is 0 Å². The summed E-state index contributed by atoms with van der Waals surface area (Å²) < 4.78 is 4.78. The number of nitrogens with zero attached hydrogens (tertiary/aromatic N) is 3. The molecule has 0 spiro atoms. The van der Waals surface area contributed by atoms with Crippen LogP contribution in [0.4, 0.5) is 0 Å². The lowest BCUT2D eigenvalue weighted by atomic mass is 10.1. The van der Waals surface area contributed by atoms with E-state index >= 15 is 0 Å². The van der Waals surface area contributed by atoms with E-state index in [4.69, 9.17) is 25.6 Å². The number of aliphatic hydroxyl groups excluding tert-OH is 3. The van der Waals surface area contributed by atoms with Gasteiger partial charge in [-0.25, -0.2) is 0 Å². The summed E-state index contributed by atoms with van der Waals surface area (Å²) in [4.78, 5) is 2.34. The van der Waals surface area contributed by atoms with Gasteiger partial charge in [0.1, 0.15) is 18.3 Å². The van der Waals surface area contributed by atoms with Crippen LogP contribution in [0.1, 0.15) is 0 Å². The molecule has 1 rings (SSSR count). The van der Waals surface area contributed by atoms with Crippen LogP contribution in [0.3, 0.4) is 0 Å². The van der Waals surface area contributed by atoms with Crippen molar-refractivity contribution in [2.45, 2.75) is 24.5 Å². The molecule has 0 aromatic rings. The smallest absolute Gasteiger partial charge is 0.161 e. The average Bonchev–Trinajstić information content (AvgIpc) is 2.34. The predicted octanol–water partition coefficient (Wildman–Crippen LogP) is -1.26. The van der Waals surface area contributed by atoms with E-state index in [-0.39, 0.29) is 6.61 Å². The minimum atomic E-state index is -1.46. The van der Waals surface area contributed by atoms with Crippen LogP contribution in [0.25, 0.3) is 10.4 Å². The summed E-state index contributed by atoms with van der Waals surface area (Å²) in [6.45, 7) is -0.0656. The van der Waals surface area contributed by atoms with Gasteiger partial charge in [0.15, 0.2) is 6.23 Å². The standard InChI is InChI=1S/C5H9N3O4/c6-8-7-5(11)4-3(10)2(9)1-12-4/h2-5,9-11H,1H2/t2-,3-,4-,5?/m0/s1. The SMILES string of the molecule is [N-]=[N+]=NC(O)[C@H]1OC[C@H](O)[C@@H]1O. The van der Waals surface area contributed by atoms with Gasteiger partial charge >= 0.3 is 0 Å². The number of hydrogen-bond donors (Lipinski definition) is 3. The van der Waals surface area contributed by atoms with Crippen LogP contribution in [0.5, 0.6) is 0 Å². The Bertz CT molecular complexity index is 205. The van der Waals surface area contributed by atoms with E-state index in [1.54, 1.807) is 0 Å². The van der Waals surface area contributed by atoms with Crippen molar-refractivity contribution in [1.29, 1.82) is 0 Å². The van der Waals surface area contributed by atoms with Crippen LogP contribution in [0, 0.1) is 0 Å². The van der Waals surface area contributed by atoms with Crippen molar-refractivity contribution in [2.24, 2.45) is 5.11 Å². The lowest BCUT2D eigenvalue weighted by molar-refractivity contribution is -0.0474. The van der Waals surface area contributed by atoms with E-state index < -0.39 is 24.5 Å². The fourth-order valence-electron chi connectivity index (χ4n) is 1.01. The van der Waals surface area contributed by atoms with Crippen molar-refractivity contribution in [2.75, 3.05) is 6.61 Å². The molecule has 68 valence electrons. The van der Waals surface area contributed by atoms with Crippen molar-refractivity contribution in [3.05, 3.63) is 10.4 Å². The molecule has 1 aliphatic rings. The number of azide groups is 1. The summed E-state index contributed by atoms with van der Waals surface area (Å²) in [6.07, 6.45) is -4.72. The zero-order valence-electron chi connectivity index (χ0n) is 6.11. The molecule has 7 heteroatoms. The van der Waals surface area contributed by atoms with Crippen LogP contribution in [0.15, 0.2) is 5.11 Å². The van der Waals surface area contributed by atoms with E-state index in [1.807, 2.05) is 0 Å². The Morgan fingerprint density at radius 2 is 2.25 bits per heavy atom. The molecule has 0 saturated carbocycles. The Kier molecular flexibility index (Phi) is 2.85. The molecular formula is C5H9N3O4. The minimum absolute atomic E-state index is 0.0656. The second kappa shape index (κ2) is 3.70. The Labute approximate surface area is 67.8 Å². The molecule has 1 aliphatic heterocycles. The fraction of sp³-hybridized carbons (Fsp3) is 1.00. The monoisotopic (exact) mass is 175 g/mol. The summed E-state index contributed by atoms with van der Waals surface area (Å²) in [5.41, 5.74) is 7.95. The van der Waals surface area contributed by atoms with E-state index in [9.17, 15) is 0 Å². The molecule has 1 saturated heterocycles. The molecule has 12 heavy (non-hydrogen) atoms. The summed E-state index contributed by atoms with van der Waals surface area (Å²) in [7, 11) is 0. The molecule has 4 atom stereocenters. The molecule has 0 aromatic heterocycles. The maximum Gasteiger partial charge on any atom is 0.161 e. The maximum atomic E-state index is 9.14. The average molecular weight is 175 g/mol. The van der Waals surface area contributed by atoms with Crippen LogP contribution >= 0.6 is 0 Å². The summed E-state index contributed by atoms with van der Waals surface area (Å²) >= 11 is 0. The van der Waals surface area contributed by atoms with Gasteiger partial charge in [0.2, 0.25) is 0 Å². The van der Waals surface area contributed by atoms with Crippen molar-refractivity contribution in [3.8, 4) is 0 Å². The third-order valence-electron chi connectivity index (χ3n) is 1.65. The van der Waals surface area contributed by atoms with Crippen LogP contribution in [-0.4, -0.2) is 46.5 Å². The van der Waals surface area contributed by atoms with Crippen molar-refractivity contribution >= 4 is 0 Å². The number of hydrogen-bond acceptors (Lipinski definition) is 5. The Balaban J connectivity index is 2.58. The van der Waals surface area contributed by atoms with Crippen molar-refractivity contribution in [3.63, 3.8) is 0 Å². The summed E-state index contributed by atoms with van der Waals surface area (Å²) in [6, 6.07) is 0. The Morgan fingerprint density at radius 1 is 1.58 bits per heavy atom. The third kappa shape index (κ3) is 1.66. The van der Waals surface area contributed by atoms with Crippen molar-refractivity contribution < 1.29 is 20.1 Å². The Morgan fingerprint density at radius 3 is 2.67 bits per heavy atom. The first-order valence-corrected chi connectivity index (χ1v) is 3.37. The number of aliphatic hydroxyl groups is 3. The Hall–Kier alpha value is -0.850. The first kappa shape index (κ1) is 9.24. The van der Waals surface area contributed by atoms with Gasteiger partial charge in [-0.2, -0.15) is 0 Å². The van der Waals surface area contributed by atoms with Gasteiger partial charge in [-0.3, -0.25) is 0 Å². The first-order valence-electron chi connectivity index (χ1n) is 3.37. The fourth-order valence-corrected chi connectivity index (χ4v) is 1.01. The zero-order valence-corrected chi connectivity index (χ0v) is 6.11. The second-order valence-corrected chi connectivity index (χ2v) is 2.47. The topological polar surface area (TPSA) is 119 Å². The molecule has 0 aliphatic carbocycles. The minimum Gasteiger partial charge on any atom is -0.388 e. The molecule has 3 N–H and O–H groups in total. The molecule has 7 nitrogen and oxygen atoms in total. The normalized spacial score (nSPS) is 37.4. The largest absolute Gasteiger partial charge is 0.388 e. The molecule has 0 bridgehead atoms.